The van der Waals surface area contributed by atoms with Crippen LogP contribution in [0.5, 0.6) is 5.75 Å². The Morgan fingerprint density at radius 2 is 2.36 bits per heavy atom. The minimum atomic E-state index is 0.526. The number of nitrogens with zero attached hydrogens (tertiary/aromatic N) is 2. The van der Waals surface area contributed by atoms with Gasteiger partial charge in [-0.05, 0) is 7.05 Å². The van der Waals surface area contributed by atoms with E-state index >= 15 is 0 Å². The maximum absolute atomic E-state index is 5.23. The maximum atomic E-state index is 5.23. The number of hydrogen-bond donors (Lipinski definition) is 1. The molecule has 1 aliphatic rings. The van der Waals surface area contributed by atoms with Gasteiger partial charge in [0.1, 0.15) is 5.75 Å². The fourth-order valence-electron chi connectivity index (χ4n) is 1.68. The maximum Gasteiger partial charge on any atom is 0.145 e. The number of hydrogen-bond acceptors (Lipinski definition) is 4. The topological polar surface area (TPSA) is 37.4 Å². The SMILES string of the molecule is COc1ccncc1NC1CN(C)C1. The van der Waals surface area contributed by atoms with E-state index in [9.17, 15) is 0 Å². The van der Waals surface area contributed by atoms with Gasteiger partial charge in [0.05, 0.1) is 25.0 Å². The summed E-state index contributed by atoms with van der Waals surface area (Å²) in [5.41, 5.74) is 0.980. The number of ether oxygens (including phenoxy) is 1. The lowest BCUT2D eigenvalue weighted by molar-refractivity contribution is 0.205. The normalized spacial score (nSPS) is 17.6. The highest BCUT2D eigenvalue weighted by Gasteiger charge is 2.23. The molecule has 0 radical (unpaired) electrons. The lowest BCUT2D eigenvalue weighted by atomic mass is 10.1. The van der Waals surface area contributed by atoms with Crippen LogP contribution in [0.4, 0.5) is 5.69 Å². The molecule has 0 unspecified atom stereocenters. The van der Waals surface area contributed by atoms with Gasteiger partial charge in [-0.1, -0.05) is 0 Å². The molecular weight excluding hydrogens is 178 g/mol. The molecule has 1 aromatic rings. The van der Waals surface area contributed by atoms with Gasteiger partial charge < -0.3 is 15.0 Å². The third-order valence-corrected chi connectivity index (χ3v) is 2.42. The van der Waals surface area contributed by atoms with Crippen molar-refractivity contribution in [2.45, 2.75) is 6.04 Å². The molecule has 0 atom stereocenters. The Labute approximate surface area is 83.9 Å². The predicted molar refractivity (Wildman–Crippen MR) is 55.7 cm³/mol. The first-order chi connectivity index (χ1) is 6.79. The minimum absolute atomic E-state index is 0.526. The van der Waals surface area contributed by atoms with Crippen LogP contribution in [-0.4, -0.2) is 43.2 Å². The molecule has 1 N–H and O–H groups in total. The van der Waals surface area contributed by atoms with Crippen LogP contribution >= 0.6 is 0 Å². The van der Waals surface area contributed by atoms with E-state index < -0.39 is 0 Å². The summed E-state index contributed by atoms with van der Waals surface area (Å²) in [6, 6.07) is 2.39. The van der Waals surface area contributed by atoms with Gasteiger partial charge in [0, 0.05) is 25.4 Å². The summed E-state index contributed by atoms with van der Waals surface area (Å²) in [7, 11) is 3.78. The lowest BCUT2D eigenvalue weighted by Gasteiger charge is -2.37. The zero-order valence-corrected chi connectivity index (χ0v) is 8.53. The van der Waals surface area contributed by atoms with Gasteiger partial charge in [-0.15, -0.1) is 0 Å². The molecule has 0 bridgehead atoms. The Kier molecular flexibility index (Phi) is 2.54. The summed E-state index contributed by atoms with van der Waals surface area (Å²) in [6.07, 6.45) is 3.54. The molecule has 0 aliphatic carbocycles. The molecule has 4 nitrogen and oxygen atoms in total. The molecule has 76 valence electrons. The molecule has 2 rings (SSSR count). The summed E-state index contributed by atoms with van der Waals surface area (Å²) in [5.74, 6) is 0.856. The lowest BCUT2D eigenvalue weighted by Crippen LogP contribution is -2.52. The zero-order valence-electron chi connectivity index (χ0n) is 8.53. The van der Waals surface area contributed by atoms with Gasteiger partial charge in [-0.3, -0.25) is 4.98 Å². The second-order valence-corrected chi connectivity index (χ2v) is 3.64. The van der Waals surface area contributed by atoms with Gasteiger partial charge in [-0.25, -0.2) is 0 Å². The number of anilines is 1. The highest BCUT2D eigenvalue weighted by Crippen LogP contribution is 2.24. The molecule has 4 heteroatoms. The van der Waals surface area contributed by atoms with E-state index in [2.05, 4.69) is 22.2 Å². The number of pyridine rings is 1. The zero-order chi connectivity index (χ0) is 9.97. The van der Waals surface area contributed by atoms with Crippen LogP contribution < -0.4 is 10.1 Å². The van der Waals surface area contributed by atoms with Gasteiger partial charge >= 0.3 is 0 Å². The molecule has 0 spiro atoms. The van der Waals surface area contributed by atoms with E-state index in [-0.39, 0.29) is 0 Å². The van der Waals surface area contributed by atoms with Crippen LogP contribution in [-0.2, 0) is 0 Å². The van der Waals surface area contributed by atoms with Crippen LogP contribution in [0.3, 0.4) is 0 Å². The molecule has 1 aromatic heterocycles. The fourth-order valence-corrected chi connectivity index (χ4v) is 1.68. The summed E-state index contributed by atoms with van der Waals surface area (Å²) in [6.45, 7) is 2.16. The Balaban J connectivity index is 2.01. The average molecular weight is 193 g/mol. The smallest absolute Gasteiger partial charge is 0.145 e. The number of methoxy groups -OCH3 is 1. The summed E-state index contributed by atoms with van der Waals surface area (Å²) >= 11 is 0. The number of nitrogens with one attached hydrogen (secondary N) is 1. The van der Waals surface area contributed by atoms with Crippen LogP contribution in [0.15, 0.2) is 18.5 Å². The molecule has 1 saturated heterocycles. The van der Waals surface area contributed by atoms with Gasteiger partial charge in [-0.2, -0.15) is 0 Å². The van der Waals surface area contributed by atoms with Crippen LogP contribution in [0.2, 0.25) is 0 Å². The van der Waals surface area contributed by atoms with E-state index in [0.29, 0.717) is 6.04 Å². The first-order valence-electron chi connectivity index (χ1n) is 4.72. The van der Waals surface area contributed by atoms with Crippen molar-refractivity contribution < 1.29 is 4.74 Å². The molecule has 0 amide bonds. The van der Waals surface area contributed by atoms with Gasteiger partial charge in [0.15, 0.2) is 0 Å². The number of rotatable bonds is 3. The average Bonchev–Trinajstić information content (AvgIpc) is 2.16. The third-order valence-electron chi connectivity index (χ3n) is 2.42. The van der Waals surface area contributed by atoms with E-state index in [4.69, 9.17) is 4.74 Å². The molecule has 14 heavy (non-hydrogen) atoms. The highest BCUT2D eigenvalue weighted by molar-refractivity contribution is 5.55. The van der Waals surface area contributed by atoms with Crippen molar-refractivity contribution in [1.82, 2.24) is 9.88 Å². The summed E-state index contributed by atoms with van der Waals surface area (Å²) < 4.78 is 5.23. The largest absolute Gasteiger partial charge is 0.494 e. The van der Waals surface area contributed by atoms with Crippen molar-refractivity contribution in [3.8, 4) is 5.75 Å². The second-order valence-electron chi connectivity index (χ2n) is 3.64. The van der Waals surface area contributed by atoms with Crippen molar-refractivity contribution in [2.75, 3.05) is 32.6 Å². The molecular formula is C10H15N3O. The fraction of sp³-hybridized carbons (Fsp3) is 0.500. The quantitative estimate of drug-likeness (QED) is 0.771. The molecule has 0 saturated carbocycles. The van der Waals surface area contributed by atoms with Crippen LogP contribution in [0, 0.1) is 0 Å². The van der Waals surface area contributed by atoms with Crippen molar-refractivity contribution in [2.24, 2.45) is 0 Å². The number of likely N-dealkylation sites (tertiary alicyclic amines) is 1. The predicted octanol–water partition coefficient (Wildman–Crippen LogP) is 0.816. The minimum Gasteiger partial charge on any atom is -0.494 e. The monoisotopic (exact) mass is 193 g/mol. The highest BCUT2D eigenvalue weighted by atomic mass is 16.5. The third kappa shape index (κ3) is 1.80. The van der Waals surface area contributed by atoms with E-state index in [1.54, 1.807) is 19.5 Å². The number of aromatic nitrogens is 1. The Hall–Kier alpha value is -1.29. The molecule has 1 aliphatic heterocycles. The standard InChI is InChI=1S/C10H15N3O/c1-13-6-8(7-13)12-9-5-11-4-3-10(9)14-2/h3-5,8,12H,6-7H2,1-2H3. The molecule has 1 fully saturated rings. The first-order valence-corrected chi connectivity index (χ1v) is 4.72. The molecule has 2 heterocycles. The van der Waals surface area contributed by atoms with Crippen molar-refractivity contribution >= 4 is 5.69 Å². The van der Waals surface area contributed by atoms with Crippen LogP contribution in [0.25, 0.3) is 0 Å². The van der Waals surface area contributed by atoms with Crippen molar-refractivity contribution in [1.29, 1.82) is 0 Å². The Morgan fingerprint density at radius 3 is 3.00 bits per heavy atom. The second kappa shape index (κ2) is 3.84. The van der Waals surface area contributed by atoms with E-state index in [1.807, 2.05) is 6.07 Å². The van der Waals surface area contributed by atoms with Crippen molar-refractivity contribution in [3.05, 3.63) is 18.5 Å². The summed E-state index contributed by atoms with van der Waals surface area (Å²) in [4.78, 5) is 6.33. The van der Waals surface area contributed by atoms with Gasteiger partial charge in [0.25, 0.3) is 0 Å². The van der Waals surface area contributed by atoms with Crippen LogP contribution in [0.1, 0.15) is 0 Å². The van der Waals surface area contributed by atoms with Crippen molar-refractivity contribution in [3.63, 3.8) is 0 Å². The molecule has 0 aromatic carbocycles. The van der Waals surface area contributed by atoms with E-state index in [0.717, 1.165) is 24.5 Å². The van der Waals surface area contributed by atoms with E-state index in [1.165, 1.54) is 0 Å². The Bertz CT molecular complexity index is 310. The first kappa shape index (κ1) is 9.27. The van der Waals surface area contributed by atoms with Gasteiger partial charge in [0.2, 0.25) is 0 Å². The Morgan fingerprint density at radius 1 is 1.57 bits per heavy atom. The summed E-state index contributed by atoms with van der Waals surface area (Å²) in [5, 5.41) is 3.40. The number of likely N-dealkylation sites (N-methyl/N-ethyl adjacent to an activating group) is 1.